The smallest absolute Gasteiger partial charge is 0.340 e. The van der Waals surface area contributed by atoms with E-state index in [0.717, 1.165) is 0 Å². The summed E-state index contributed by atoms with van der Waals surface area (Å²) in [5.41, 5.74) is 5.24. The highest BCUT2D eigenvalue weighted by Gasteiger charge is 2.18. The van der Waals surface area contributed by atoms with Gasteiger partial charge in [0.25, 0.3) is 5.91 Å². The first kappa shape index (κ1) is 17.7. The normalized spacial score (nSPS) is 10.8. The van der Waals surface area contributed by atoms with Crippen molar-refractivity contribution < 1.29 is 14.3 Å². The quantitative estimate of drug-likeness (QED) is 0.495. The number of aromatic nitrogens is 1. The van der Waals surface area contributed by atoms with Crippen LogP contribution in [0.3, 0.4) is 0 Å². The van der Waals surface area contributed by atoms with E-state index in [9.17, 15) is 9.59 Å². The summed E-state index contributed by atoms with van der Waals surface area (Å²) in [6.45, 7) is 5.62. The summed E-state index contributed by atoms with van der Waals surface area (Å²) in [6.07, 6.45) is 1.44. The van der Waals surface area contributed by atoms with Gasteiger partial charge in [-0.3, -0.25) is 4.79 Å². The number of ether oxygens (including phenoxy) is 1. The summed E-state index contributed by atoms with van der Waals surface area (Å²) in [4.78, 5) is 27.0. The molecule has 2 rings (SSSR count). The van der Waals surface area contributed by atoms with Gasteiger partial charge in [-0.05, 0) is 38.5 Å². The van der Waals surface area contributed by atoms with Crippen molar-refractivity contribution in [2.45, 2.75) is 20.8 Å². The Morgan fingerprint density at radius 3 is 2.71 bits per heavy atom. The molecule has 0 aliphatic rings. The monoisotopic (exact) mass is 347 g/mol. The van der Waals surface area contributed by atoms with Crippen molar-refractivity contribution in [1.29, 1.82) is 0 Å². The van der Waals surface area contributed by atoms with Crippen molar-refractivity contribution in [3.05, 3.63) is 57.4 Å². The molecule has 1 amide bonds. The molecule has 1 aromatic heterocycles. The Hall–Kier alpha value is -2.60. The Labute approximate surface area is 144 Å². The van der Waals surface area contributed by atoms with Crippen LogP contribution in [0.2, 0.25) is 5.02 Å². The number of hydrogen-bond donors (Lipinski definition) is 2. The Bertz CT molecular complexity index is 796. The fourth-order valence-corrected chi connectivity index (χ4v) is 2.50. The van der Waals surface area contributed by atoms with Crippen LogP contribution in [0.25, 0.3) is 0 Å². The molecular formula is C17H18ClN3O3. The van der Waals surface area contributed by atoms with E-state index < -0.39 is 5.91 Å². The first-order chi connectivity index (χ1) is 11.5. The van der Waals surface area contributed by atoms with Gasteiger partial charge in [0.15, 0.2) is 0 Å². The number of H-pyrrole nitrogens is 1. The standard InChI is InChI=1S/C17H18ClN3O3/c1-4-24-17(23)15-10(2)14(20-11(15)3)9-19-21-16(22)12-7-5-6-8-13(12)18/h5-9,20H,4H2,1-3H3,(H,21,22)/b19-9+. The lowest BCUT2D eigenvalue weighted by Crippen LogP contribution is -2.18. The van der Waals surface area contributed by atoms with E-state index in [2.05, 4.69) is 15.5 Å². The molecule has 126 valence electrons. The van der Waals surface area contributed by atoms with E-state index in [0.29, 0.717) is 39.7 Å². The molecule has 0 spiro atoms. The maximum absolute atomic E-state index is 12.0. The Kier molecular flexibility index (Phi) is 5.76. The molecule has 2 aromatic rings. The van der Waals surface area contributed by atoms with Gasteiger partial charge in [0.2, 0.25) is 0 Å². The van der Waals surface area contributed by atoms with E-state index in [1.807, 2.05) is 0 Å². The van der Waals surface area contributed by atoms with E-state index in [-0.39, 0.29) is 5.97 Å². The highest BCUT2D eigenvalue weighted by molar-refractivity contribution is 6.33. The van der Waals surface area contributed by atoms with Gasteiger partial charge in [-0.2, -0.15) is 5.10 Å². The Morgan fingerprint density at radius 2 is 2.04 bits per heavy atom. The summed E-state index contributed by atoms with van der Waals surface area (Å²) >= 11 is 5.96. The number of aromatic amines is 1. The third-order valence-electron chi connectivity index (χ3n) is 3.43. The molecule has 24 heavy (non-hydrogen) atoms. The zero-order valence-corrected chi connectivity index (χ0v) is 14.4. The number of nitrogens with one attached hydrogen (secondary N) is 2. The van der Waals surface area contributed by atoms with E-state index in [4.69, 9.17) is 16.3 Å². The molecule has 0 atom stereocenters. The summed E-state index contributed by atoms with van der Waals surface area (Å²) in [6, 6.07) is 6.69. The average Bonchev–Trinajstić information content (AvgIpc) is 2.82. The average molecular weight is 348 g/mol. The largest absolute Gasteiger partial charge is 0.462 e. The number of benzene rings is 1. The summed E-state index contributed by atoms with van der Waals surface area (Å²) in [7, 11) is 0. The third-order valence-corrected chi connectivity index (χ3v) is 3.76. The number of hydrazone groups is 1. The third kappa shape index (κ3) is 3.83. The molecule has 0 saturated heterocycles. The van der Waals surface area contributed by atoms with Crippen LogP contribution in [-0.4, -0.2) is 29.7 Å². The van der Waals surface area contributed by atoms with Gasteiger partial charge in [-0.15, -0.1) is 0 Å². The number of nitrogens with zero attached hydrogens (tertiary/aromatic N) is 1. The van der Waals surface area contributed by atoms with Crippen LogP contribution in [0, 0.1) is 13.8 Å². The Morgan fingerprint density at radius 1 is 1.33 bits per heavy atom. The first-order valence-corrected chi connectivity index (χ1v) is 7.77. The SMILES string of the molecule is CCOC(=O)c1c(C)[nH]c(/C=N/NC(=O)c2ccccc2Cl)c1C. The van der Waals surface area contributed by atoms with E-state index >= 15 is 0 Å². The molecule has 1 aromatic carbocycles. The van der Waals surface area contributed by atoms with Crippen LogP contribution in [0.1, 0.15) is 44.6 Å². The minimum absolute atomic E-state index is 0.306. The molecular weight excluding hydrogens is 330 g/mol. The van der Waals surface area contributed by atoms with Crippen molar-refractivity contribution in [3.8, 4) is 0 Å². The molecule has 7 heteroatoms. The number of esters is 1. The zero-order valence-electron chi connectivity index (χ0n) is 13.6. The molecule has 0 unspecified atom stereocenters. The van der Waals surface area contributed by atoms with Gasteiger partial charge in [0, 0.05) is 5.69 Å². The van der Waals surface area contributed by atoms with Gasteiger partial charge >= 0.3 is 5.97 Å². The minimum atomic E-state index is -0.414. The summed E-state index contributed by atoms with van der Waals surface area (Å²) in [5, 5.41) is 4.26. The maximum Gasteiger partial charge on any atom is 0.340 e. The molecule has 2 N–H and O–H groups in total. The van der Waals surface area contributed by atoms with Crippen LogP contribution in [0.4, 0.5) is 0 Å². The van der Waals surface area contributed by atoms with Gasteiger partial charge in [0.1, 0.15) is 0 Å². The van der Waals surface area contributed by atoms with Crippen molar-refractivity contribution in [3.63, 3.8) is 0 Å². The zero-order chi connectivity index (χ0) is 17.7. The highest BCUT2D eigenvalue weighted by atomic mass is 35.5. The van der Waals surface area contributed by atoms with E-state index in [1.165, 1.54) is 6.21 Å². The fourth-order valence-electron chi connectivity index (χ4n) is 2.27. The predicted octanol–water partition coefficient (Wildman–Crippen LogP) is 3.23. The summed E-state index contributed by atoms with van der Waals surface area (Å²) in [5.74, 6) is -0.799. The van der Waals surface area contributed by atoms with Crippen molar-refractivity contribution in [2.75, 3.05) is 6.61 Å². The Balaban J connectivity index is 2.13. The van der Waals surface area contributed by atoms with Crippen LogP contribution < -0.4 is 5.43 Å². The highest BCUT2D eigenvalue weighted by Crippen LogP contribution is 2.18. The molecule has 0 radical (unpaired) electrons. The lowest BCUT2D eigenvalue weighted by Gasteiger charge is -2.02. The second-order valence-corrected chi connectivity index (χ2v) is 5.47. The minimum Gasteiger partial charge on any atom is -0.462 e. The molecule has 6 nitrogen and oxygen atoms in total. The van der Waals surface area contributed by atoms with Crippen molar-refractivity contribution in [1.82, 2.24) is 10.4 Å². The molecule has 0 aliphatic heterocycles. The topological polar surface area (TPSA) is 83.6 Å². The second kappa shape index (κ2) is 7.79. The number of aryl methyl sites for hydroxylation is 1. The van der Waals surface area contributed by atoms with Crippen LogP contribution >= 0.6 is 11.6 Å². The predicted molar refractivity (Wildman–Crippen MR) is 92.7 cm³/mol. The molecule has 1 heterocycles. The molecule has 0 fully saturated rings. The fraction of sp³-hybridized carbons (Fsp3) is 0.235. The number of rotatable bonds is 5. The van der Waals surface area contributed by atoms with Crippen molar-refractivity contribution >= 4 is 29.7 Å². The first-order valence-electron chi connectivity index (χ1n) is 7.39. The number of carbonyl (C=O) groups is 2. The van der Waals surface area contributed by atoms with Crippen LogP contribution in [0.5, 0.6) is 0 Å². The van der Waals surface area contributed by atoms with Gasteiger partial charge in [0.05, 0.1) is 34.7 Å². The van der Waals surface area contributed by atoms with E-state index in [1.54, 1.807) is 45.0 Å². The van der Waals surface area contributed by atoms with Gasteiger partial charge in [-0.1, -0.05) is 23.7 Å². The second-order valence-electron chi connectivity index (χ2n) is 5.06. The van der Waals surface area contributed by atoms with Crippen LogP contribution in [0.15, 0.2) is 29.4 Å². The van der Waals surface area contributed by atoms with Gasteiger partial charge < -0.3 is 9.72 Å². The maximum atomic E-state index is 12.0. The number of amides is 1. The lowest BCUT2D eigenvalue weighted by atomic mass is 10.1. The van der Waals surface area contributed by atoms with Crippen LogP contribution in [-0.2, 0) is 4.74 Å². The molecule has 0 saturated carbocycles. The number of carbonyl (C=O) groups excluding carboxylic acids is 2. The molecule has 0 aliphatic carbocycles. The number of halogens is 1. The number of hydrogen-bond acceptors (Lipinski definition) is 4. The van der Waals surface area contributed by atoms with Gasteiger partial charge in [-0.25, -0.2) is 10.2 Å². The van der Waals surface area contributed by atoms with Crippen molar-refractivity contribution in [2.24, 2.45) is 5.10 Å². The summed E-state index contributed by atoms with van der Waals surface area (Å²) < 4.78 is 5.03. The lowest BCUT2D eigenvalue weighted by molar-refractivity contribution is 0.0525. The molecule has 0 bridgehead atoms.